The van der Waals surface area contributed by atoms with Gasteiger partial charge in [0, 0.05) is 19.3 Å². The number of ether oxygens (including phenoxy) is 1. The Morgan fingerprint density at radius 3 is 2.50 bits per heavy atom. The van der Waals surface area contributed by atoms with E-state index in [0.29, 0.717) is 5.54 Å². The van der Waals surface area contributed by atoms with Crippen LogP contribution in [0.25, 0.3) is 0 Å². The van der Waals surface area contributed by atoms with E-state index < -0.39 is 0 Å². The first-order valence-electron chi connectivity index (χ1n) is 4.86. The van der Waals surface area contributed by atoms with Crippen molar-refractivity contribution in [3.63, 3.8) is 0 Å². The normalized spacial score (nSPS) is 12.0. The average Bonchev–Trinajstić information content (AvgIpc) is 1.98. The average molecular weight is 173 g/mol. The predicted molar refractivity (Wildman–Crippen MR) is 53.5 cm³/mol. The molecule has 2 nitrogen and oxygen atoms in total. The van der Waals surface area contributed by atoms with Crippen molar-refractivity contribution >= 4 is 0 Å². The first-order chi connectivity index (χ1) is 5.62. The molecule has 0 saturated heterocycles. The van der Waals surface area contributed by atoms with Gasteiger partial charge in [0.2, 0.25) is 0 Å². The smallest absolute Gasteiger partial charge is 0.0474 e. The second-order valence-electron chi connectivity index (χ2n) is 3.91. The van der Waals surface area contributed by atoms with Crippen molar-refractivity contribution in [1.29, 1.82) is 0 Å². The topological polar surface area (TPSA) is 21.3 Å². The van der Waals surface area contributed by atoms with Gasteiger partial charge in [-0.15, -0.1) is 0 Å². The van der Waals surface area contributed by atoms with Gasteiger partial charge in [0.05, 0.1) is 0 Å². The van der Waals surface area contributed by atoms with Gasteiger partial charge in [-0.25, -0.2) is 0 Å². The molecule has 0 atom stereocenters. The molecular weight excluding hydrogens is 150 g/mol. The summed E-state index contributed by atoms with van der Waals surface area (Å²) < 4.78 is 4.98. The Bertz CT molecular complexity index is 102. The van der Waals surface area contributed by atoms with Gasteiger partial charge in [0.1, 0.15) is 0 Å². The lowest BCUT2D eigenvalue weighted by Crippen LogP contribution is -2.39. The Labute approximate surface area is 76.7 Å². The lowest BCUT2D eigenvalue weighted by atomic mass is 9.99. The van der Waals surface area contributed by atoms with Crippen LogP contribution in [0.1, 0.15) is 40.0 Å². The molecule has 0 aliphatic carbocycles. The third-order valence-electron chi connectivity index (χ3n) is 2.00. The fourth-order valence-corrected chi connectivity index (χ4v) is 1.36. The summed E-state index contributed by atoms with van der Waals surface area (Å²) in [6.45, 7) is 8.64. The van der Waals surface area contributed by atoms with Crippen LogP contribution in [0.4, 0.5) is 0 Å². The van der Waals surface area contributed by atoms with Crippen molar-refractivity contribution in [3.8, 4) is 0 Å². The van der Waals surface area contributed by atoms with E-state index in [9.17, 15) is 0 Å². The van der Waals surface area contributed by atoms with E-state index in [1.54, 1.807) is 7.11 Å². The Morgan fingerprint density at radius 2 is 2.00 bits per heavy atom. The molecular formula is C10H23NO. The van der Waals surface area contributed by atoms with E-state index in [1.165, 1.54) is 12.8 Å². The van der Waals surface area contributed by atoms with Gasteiger partial charge >= 0.3 is 0 Å². The minimum Gasteiger partial charge on any atom is -0.385 e. The molecule has 0 aliphatic rings. The third kappa shape index (κ3) is 6.62. The fraction of sp³-hybridized carbons (Fsp3) is 1.00. The van der Waals surface area contributed by atoms with Gasteiger partial charge in [0.15, 0.2) is 0 Å². The van der Waals surface area contributed by atoms with Crippen molar-refractivity contribution in [2.24, 2.45) is 0 Å². The highest BCUT2D eigenvalue weighted by Gasteiger charge is 2.13. The van der Waals surface area contributed by atoms with Crippen LogP contribution < -0.4 is 5.32 Å². The third-order valence-corrected chi connectivity index (χ3v) is 2.00. The Hall–Kier alpha value is -0.0800. The molecule has 0 aromatic rings. The maximum Gasteiger partial charge on any atom is 0.0474 e. The number of hydrogen-bond acceptors (Lipinski definition) is 2. The van der Waals surface area contributed by atoms with E-state index in [2.05, 4.69) is 26.1 Å². The first-order valence-corrected chi connectivity index (χ1v) is 4.86. The molecule has 0 aromatic heterocycles. The molecule has 12 heavy (non-hydrogen) atoms. The largest absolute Gasteiger partial charge is 0.385 e. The van der Waals surface area contributed by atoms with Gasteiger partial charge in [-0.1, -0.05) is 13.3 Å². The van der Waals surface area contributed by atoms with Crippen molar-refractivity contribution < 1.29 is 4.74 Å². The summed E-state index contributed by atoms with van der Waals surface area (Å²) in [7, 11) is 1.75. The molecule has 0 aromatic carbocycles. The molecule has 74 valence electrons. The monoisotopic (exact) mass is 173 g/mol. The zero-order chi connectivity index (χ0) is 9.45. The van der Waals surface area contributed by atoms with Crippen molar-refractivity contribution in [2.75, 3.05) is 20.3 Å². The molecule has 0 saturated carbocycles. The summed E-state index contributed by atoms with van der Waals surface area (Å²) in [6.07, 6.45) is 3.58. The minimum absolute atomic E-state index is 0.294. The second kappa shape index (κ2) is 6.44. The Balaban J connectivity index is 3.33. The minimum atomic E-state index is 0.294. The van der Waals surface area contributed by atoms with Crippen LogP contribution >= 0.6 is 0 Å². The summed E-state index contributed by atoms with van der Waals surface area (Å²) in [5.41, 5.74) is 0.294. The van der Waals surface area contributed by atoms with Crippen LogP contribution in [0, 0.1) is 0 Å². The quantitative estimate of drug-likeness (QED) is 0.596. The highest BCUT2D eigenvalue weighted by atomic mass is 16.5. The molecule has 0 spiro atoms. The van der Waals surface area contributed by atoms with Crippen molar-refractivity contribution in [2.45, 2.75) is 45.6 Å². The van der Waals surface area contributed by atoms with E-state index in [0.717, 1.165) is 19.6 Å². The van der Waals surface area contributed by atoms with Gasteiger partial charge in [-0.3, -0.25) is 0 Å². The van der Waals surface area contributed by atoms with Gasteiger partial charge in [-0.05, 0) is 33.2 Å². The summed E-state index contributed by atoms with van der Waals surface area (Å²) in [5, 5.41) is 3.51. The molecule has 0 aliphatic heterocycles. The summed E-state index contributed by atoms with van der Waals surface area (Å²) in [6, 6.07) is 0. The van der Waals surface area contributed by atoms with Crippen molar-refractivity contribution in [3.05, 3.63) is 0 Å². The highest BCUT2D eigenvalue weighted by molar-refractivity contribution is 4.75. The van der Waals surface area contributed by atoms with Crippen LogP contribution in [-0.4, -0.2) is 25.8 Å². The molecule has 0 radical (unpaired) electrons. The maximum atomic E-state index is 4.98. The Kier molecular flexibility index (Phi) is 6.39. The predicted octanol–water partition coefficient (Wildman–Crippen LogP) is 2.19. The van der Waals surface area contributed by atoms with E-state index >= 15 is 0 Å². The summed E-state index contributed by atoms with van der Waals surface area (Å²) >= 11 is 0. The second-order valence-corrected chi connectivity index (χ2v) is 3.91. The molecule has 0 fully saturated rings. The van der Waals surface area contributed by atoms with E-state index in [-0.39, 0.29) is 0 Å². The number of nitrogens with one attached hydrogen (secondary N) is 1. The number of methoxy groups -OCH3 is 1. The SMILES string of the molecule is CCCC(C)(C)NCCCOC. The van der Waals surface area contributed by atoms with Crippen molar-refractivity contribution in [1.82, 2.24) is 5.32 Å². The molecule has 0 bridgehead atoms. The number of hydrogen-bond donors (Lipinski definition) is 1. The molecule has 2 heteroatoms. The fourth-order valence-electron chi connectivity index (χ4n) is 1.36. The van der Waals surface area contributed by atoms with Gasteiger partial charge in [0.25, 0.3) is 0 Å². The zero-order valence-electron chi connectivity index (χ0n) is 8.94. The molecule has 0 heterocycles. The molecule has 1 N–H and O–H groups in total. The highest BCUT2D eigenvalue weighted by Crippen LogP contribution is 2.09. The van der Waals surface area contributed by atoms with E-state index in [1.807, 2.05) is 0 Å². The molecule has 0 rings (SSSR count). The molecule has 0 unspecified atom stereocenters. The van der Waals surface area contributed by atoms with Gasteiger partial charge < -0.3 is 10.1 Å². The van der Waals surface area contributed by atoms with Gasteiger partial charge in [-0.2, -0.15) is 0 Å². The Morgan fingerprint density at radius 1 is 1.33 bits per heavy atom. The van der Waals surface area contributed by atoms with E-state index in [4.69, 9.17) is 4.74 Å². The van der Waals surface area contributed by atoms with Crippen LogP contribution in [0.2, 0.25) is 0 Å². The van der Waals surface area contributed by atoms with Crippen LogP contribution in [-0.2, 0) is 4.74 Å². The molecule has 0 amide bonds. The zero-order valence-corrected chi connectivity index (χ0v) is 8.94. The van der Waals surface area contributed by atoms with Crippen LogP contribution in [0.3, 0.4) is 0 Å². The number of rotatable bonds is 7. The standard InChI is InChI=1S/C10H23NO/c1-5-7-10(2,3)11-8-6-9-12-4/h11H,5-9H2,1-4H3. The lowest BCUT2D eigenvalue weighted by Gasteiger charge is -2.25. The van der Waals surface area contributed by atoms with Crippen LogP contribution in [0.15, 0.2) is 0 Å². The lowest BCUT2D eigenvalue weighted by molar-refractivity contribution is 0.190. The van der Waals surface area contributed by atoms with Crippen LogP contribution in [0.5, 0.6) is 0 Å². The first kappa shape index (κ1) is 11.9. The summed E-state index contributed by atoms with van der Waals surface area (Å²) in [4.78, 5) is 0. The summed E-state index contributed by atoms with van der Waals surface area (Å²) in [5.74, 6) is 0. The maximum absolute atomic E-state index is 4.98.